The van der Waals surface area contributed by atoms with Crippen LogP contribution in [0, 0.1) is 0 Å². The smallest absolute Gasteiger partial charge is 0.333 e. The molecule has 0 spiro atoms. The first-order chi connectivity index (χ1) is 9.93. The van der Waals surface area contributed by atoms with Crippen LogP contribution in [0.1, 0.15) is 0 Å². The number of hydrogen-bond acceptors (Lipinski definition) is 5. The second-order valence-corrected chi connectivity index (χ2v) is 5.85. The first-order valence-electron chi connectivity index (χ1n) is 6.28. The van der Waals surface area contributed by atoms with Crippen molar-refractivity contribution in [1.29, 1.82) is 0 Å². The molecule has 2 aliphatic heterocycles. The summed E-state index contributed by atoms with van der Waals surface area (Å²) in [7, 11) is 4.56. The van der Waals surface area contributed by atoms with Crippen molar-refractivity contribution in [1.82, 2.24) is 9.80 Å². The van der Waals surface area contributed by atoms with E-state index in [-0.39, 0.29) is 5.57 Å². The van der Waals surface area contributed by atoms with Crippen LogP contribution in [0.4, 0.5) is 10.5 Å². The molecular weight excluding hydrogens is 290 g/mol. The van der Waals surface area contributed by atoms with E-state index in [1.54, 1.807) is 7.05 Å². The van der Waals surface area contributed by atoms with Crippen molar-refractivity contribution in [2.75, 3.05) is 26.0 Å². The molecule has 0 unspecified atom stereocenters. The maximum atomic E-state index is 12.3. The molecule has 7 heteroatoms. The van der Waals surface area contributed by atoms with Gasteiger partial charge in [-0.3, -0.25) is 19.4 Å². The fraction of sp³-hybridized carbons (Fsp3) is 0.214. The molecule has 1 aromatic carbocycles. The van der Waals surface area contributed by atoms with Crippen molar-refractivity contribution >= 4 is 35.3 Å². The highest BCUT2D eigenvalue weighted by Gasteiger charge is 2.42. The maximum Gasteiger partial charge on any atom is 0.333 e. The van der Waals surface area contributed by atoms with Crippen LogP contribution in [0.2, 0.25) is 0 Å². The van der Waals surface area contributed by atoms with Crippen molar-refractivity contribution in [3.8, 4) is 0 Å². The number of benzene rings is 1. The van der Waals surface area contributed by atoms with E-state index in [0.717, 1.165) is 20.4 Å². The Morgan fingerprint density at radius 2 is 1.43 bits per heavy atom. The Morgan fingerprint density at radius 3 is 2.00 bits per heavy atom. The Bertz CT molecular complexity index is 687. The summed E-state index contributed by atoms with van der Waals surface area (Å²) in [5.41, 5.74) is 0.969. The lowest BCUT2D eigenvalue weighted by molar-refractivity contribution is -0.134. The quantitative estimate of drug-likeness (QED) is 0.537. The van der Waals surface area contributed by atoms with Crippen molar-refractivity contribution in [2.24, 2.45) is 0 Å². The van der Waals surface area contributed by atoms with Crippen LogP contribution in [-0.2, 0) is 9.59 Å². The first kappa shape index (κ1) is 13.7. The number of barbiturate groups is 1. The minimum atomic E-state index is -0.613. The van der Waals surface area contributed by atoms with Gasteiger partial charge in [0.2, 0.25) is 0 Å². The van der Waals surface area contributed by atoms with Crippen molar-refractivity contribution in [3.05, 3.63) is 34.9 Å². The molecule has 3 rings (SSSR count). The highest BCUT2D eigenvalue weighted by Crippen LogP contribution is 2.46. The van der Waals surface area contributed by atoms with E-state index in [4.69, 9.17) is 0 Å². The fourth-order valence-electron chi connectivity index (χ4n) is 2.33. The van der Waals surface area contributed by atoms with Gasteiger partial charge in [0.25, 0.3) is 11.8 Å². The summed E-state index contributed by atoms with van der Waals surface area (Å²) in [6, 6.07) is 7.04. The summed E-state index contributed by atoms with van der Waals surface area (Å²) in [5, 5.41) is 0.553. The molecule has 1 saturated heterocycles. The summed E-state index contributed by atoms with van der Waals surface area (Å²) in [5.74, 6) is -1.13. The first-order valence-corrected chi connectivity index (χ1v) is 7.10. The number of thioether (sulfide) groups is 1. The van der Waals surface area contributed by atoms with Crippen LogP contribution in [-0.4, -0.2) is 48.8 Å². The Labute approximate surface area is 126 Å². The van der Waals surface area contributed by atoms with Gasteiger partial charge in [-0.25, -0.2) is 4.79 Å². The van der Waals surface area contributed by atoms with Crippen molar-refractivity contribution < 1.29 is 14.4 Å². The predicted octanol–water partition coefficient (Wildman–Crippen LogP) is 1.49. The van der Waals surface area contributed by atoms with Crippen LogP contribution in [0.25, 0.3) is 0 Å². The third-order valence-electron chi connectivity index (χ3n) is 3.56. The van der Waals surface area contributed by atoms with Gasteiger partial charge < -0.3 is 4.90 Å². The number of likely N-dealkylation sites (N-methyl/N-ethyl adjacent to an activating group) is 2. The maximum absolute atomic E-state index is 12.3. The molecule has 2 heterocycles. The van der Waals surface area contributed by atoms with E-state index in [9.17, 15) is 14.4 Å². The van der Waals surface area contributed by atoms with E-state index in [2.05, 4.69) is 0 Å². The predicted molar refractivity (Wildman–Crippen MR) is 78.7 cm³/mol. The minimum Gasteiger partial charge on any atom is -0.337 e. The van der Waals surface area contributed by atoms with Crippen LogP contribution in [0.15, 0.2) is 39.8 Å². The number of urea groups is 1. The summed E-state index contributed by atoms with van der Waals surface area (Å²) >= 11 is 1.36. The second kappa shape index (κ2) is 4.63. The van der Waals surface area contributed by atoms with Gasteiger partial charge >= 0.3 is 6.03 Å². The van der Waals surface area contributed by atoms with Gasteiger partial charge in [-0.05, 0) is 12.1 Å². The van der Waals surface area contributed by atoms with Gasteiger partial charge in [0.05, 0.1) is 10.7 Å². The topological polar surface area (TPSA) is 60.9 Å². The SMILES string of the molecule is CN1C(=O)C(=C2Sc3ccccc3N2C)C(=O)N(C)C1=O. The van der Waals surface area contributed by atoms with Crippen LogP contribution < -0.4 is 4.90 Å². The molecule has 0 N–H and O–H groups in total. The number of hydrogen-bond donors (Lipinski definition) is 0. The lowest BCUT2D eigenvalue weighted by Gasteiger charge is -2.30. The molecule has 6 nitrogen and oxygen atoms in total. The van der Waals surface area contributed by atoms with E-state index < -0.39 is 17.8 Å². The van der Waals surface area contributed by atoms with E-state index >= 15 is 0 Å². The summed E-state index contributed by atoms with van der Waals surface area (Å²) in [6.07, 6.45) is 0. The minimum absolute atomic E-state index is 0.0308. The number of imide groups is 2. The second-order valence-electron chi connectivity index (χ2n) is 4.82. The standard InChI is InChI=1S/C14H13N3O3S/c1-15-8-6-4-5-7-9(8)21-13(15)10-11(18)16(2)14(20)17(3)12(10)19/h4-7H,1-3H3. The van der Waals surface area contributed by atoms with E-state index in [0.29, 0.717) is 5.03 Å². The molecule has 4 amide bonds. The van der Waals surface area contributed by atoms with Crippen LogP contribution in [0.3, 0.4) is 0 Å². The molecule has 0 radical (unpaired) electrons. The lowest BCUT2D eigenvalue weighted by atomic mass is 10.1. The van der Waals surface area contributed by atoms with E-state index in [1.165, 1.54) is 25.9 Å². The number of nitrogens with zero attached hydrogens (tertiary/aromatic N) is 3. The molecule has 1 aromatic rings. The number of rotatable bonds is 0. The number of amides is 4. The summed E-state index contributed by atoms with van der Waals surface area (Å²) in [6.45, 7) is 0. The molecule has 0 aliphatic carbocycles. The molecule has 1 fully saturated rings. The lowest BCUT2D eigenvalue weighted by Crippen LogP contribution is -2.53. The molecule has 108 valence electrons. The summed E-state index contributed by atoms with van der Waals surface area (Å²) in [4.78, 5) is 41.1. The Balaban J connectivity index is 2.13. The zero-order valence-electron chi connectivity index (χ0n) is 11.8. The number of anilines is 1. The number of carbonyl (C=O) groups is 3. The zero-order chi connectivity index (χ0) is 15.3. The van der Waals surface area contributed by atoms with Crippen LogP contribution >= 0.6 is 11.8 Å². The Kier molecular flexibility index (Phi) is 3.02. The van der Waals surface area contributed by atoms with Gasteiger partial charge in [0.15, 0.2) is 0 Å². The molecule has 0 saturated carbocycles. The van der Waals surface area contributed by atoms with Gasteiger partial charge in [-0.15, -0.1) is 0 Å². The monoisotopic (exact) mass is 303 g/mol. The largest absolute Gasteiger partial charge is 0.337 e. The molecular formula is C14H13N3O3S. The molecule has 0 atom stereocenters. The van der Waals surface area contributed by atoms with Gasteiger partial charge in [-0.2, -0.15) is 0 Å². The molecule has 2 aliphatic rings. The highest BCUT2D eigenvalue weighted by molar-refractivity contribution is 8.03. The van der Waals surface area contributed by atoms with E-state index in [1.807, 2.05) is 29.2 Å². The number of carbonyl (C=O) groups excluding carboxylic acids is 3. The number of fused-ring (bicyclic) bond motifs is 1. The average molecular weight is 303 g/mol. The van der Waals surface area contributed by atoms with Gasteiger partial charge in [0, 0.05) is 26.0 Å². The van der Waals surface area contributed by atoms with Gasteiger partial charge in [-0.1, -0.05) is 23.9 Å². The average Bonchev–Trinajstić information content (AvgIpc) is 2.81. The Hall–Kier alpha value is -2.28. The fourth-order valence-corrected chi connectivity index (χ4v) is 3.51. The third-order valence-corrected chi connectivity index (χ3v) is 4.80. The van der Waals surface area contributed by atoms with Gasteiger partial charge in [0.1, 0.15) is 5.57 Å². The molecule has 21 heavy (non-hydrogen) atoms. The summed E-state index contributed by atoms with van der Waals surface area (Å²) < 4.78 is 0. The normalized spacial score (nSPS) is 18.8. The molecule has 0 bridgehead atoms. The van der Waals surface area contributed by atoms with Crippen LogP contribution in [0.5, 0.6) is 0 Å². The number of para-hydroxylation sites is 1. The zero-order valence-corrected chi connectivity index (χ0v) is 12.6. The molecule has 0 aromatic heterocycles. The van der Waals surface area contributed by atoms with Crippen molar-refractivity contribution in [3.63, 3.8) is 0 Å². The van der Waals surface area contributed by atoms with Crippen molar-refractivity contribution in [2.45, 2.75) is 4.90 Å². The highest BCUT2D eigenvalue weighted by atomic mass is 32.2. The third kappa shape index (κ3) is 1.84. The Morgan fingerprint density at radius 1 is 0.857 bits per heavy atom.